The minimum atomic E-state index is -0.344. The average Bonchev–Trinajstić information content (AvgIpc) is 3.05. The van der Waals surface area contributed by atoms with Crippen molar-refractivity contribution in [3.8, 4) is 6.07 Å². The summed E-state index contributed by atoms with van der Waals surface area (Å²) in [6.45, 7) is 11.7. The zero-order valence-electron chi connectivity index (χ0n) is 18.8. The molecule has 1 aliphatic heterocycles. The Morgan fingerprint density at radius 2 is 1.94 bits per heavy atom. The van der Waals surface area contributed by atoms with Crippen molar-refractivity contribution < 1.29 is 9.53 Å². The van der Waals surface area contributed by atoms with Gasteiger partial charge in [-0.3, -0.25) is 9.69 Å². The summed E-state index contributed by atoms with van der Waals surface area (Å²) in [7, 11) is 0. The number of benzene rings is 1. The lowest BCUT2D eigenvalue weighted by Crippen LogP contribution is -2.36. The van der Waals surface area contributed by atoms with E-state index in [1.165, 1.54) is 5.56 Å². The average molecular weight is 421 g/mol. The molecule has 31 heavy (non-hydrogen) atoms. The molecule has 0 radical (unpaired) electrons. The number of ether oxygens (including phenoxy) is 1. The molecular formula is C25H32N4O2. The molecular weight excluding hydrogens is 388 g/mol. The summed E-state index contributed by atoms with van der Waals surface area (Å²) < 4.78 is 7.65. The molecule has 1 fully saturated rings. The quantitative estimate of drug-likeness (QED) is 0.524. The van der Waals surface area contributed by atoms with Gasteiger partial charge in [-0.2, -0.15) is 5.26 Å². The van der Waals surface area contributed by atoms with Crippen LogP contribution in [0.25, 0.3) is 6.08 Å². The fourth-order valence-corrected chi connectivity index (χ4v) is 4.00. The van der Waals surface area contributed by atoms with Gasteiger partial charge in [-0.15, -0.1) is 0 Å². The van der Waals surface area contributed by atoms with E-state index in [-0.39, 0.29) is 11.5 Å². The summed E-state index contributed by atoms with van der Waals surface area (Å²) in [5.41, 5.74) is 5.53. The van der Waals surface area contributed by atoms with Gasteiger partial charge in [0.15, 0.2) is 0 Å². The number of nitriles is 1. The van der Waals surface area contributed by atoms with Crippen LogP contribution in [0, 0.1) is 25.2 Å². The molecule has 6 heteroatoms. The molecule has 6 nitrogen and oxygen atoms in total. The minimum Gasteiger partial charge on any atom is -0.379 e. The molecule has 0 spiro atoms. The largest absolute Gasteiger partial charge is 0.379 e. The highest BCUT2D eigenvalue weighted by Crippen LogP contribution is 2.19. The third-order valence-electron chi connectivity index (χ3n) is 5.78. The number of carbonyl (C=O) groups is 1. The predicted molar refractivity (Wildman–Crippen MR) is 122 cm³/mol. The van der Waals surface area contributed by atoms with Crippen LogP contribution >= 0.6 is 0 Å². The fourth-order valence-electron chi connectivity index (χ4n) is 4.00. The molecule has 0 bridgehead atoms. The van der Waals surface area contributed by atoms with Crippen LogP contribution in [0.3, 0.4) is 0 Å². The van der Waals surface area contributed by atoms with Crippen LogP contribution in [0.4, 0.5) is 0 Å². The van der Waals surface area contributed by atoms with Crippen molar-refractivity contribution in [2.45, 2.75) is 46.8 Å². The summed E-state index contributed by atoms with van der Waals surface area (Å²) in [4.78, 5) is 15.1. The van der Waals surface area contributed by atoms with E-state index in [4.69, 9.17) is 4.74 Å². The number of hydrogen-bond donors (Lipinski definition) is 1. The lowest BCUT2D eigenvalue weighted by molar-refractivity contribution is -0.117. The highest BCUT2D eigenvalue weighted by atomic mass is 16.5. The summed E-state index contributed by atoms with van der Waals surface area (Å²) >= 11 is 0. The molecule has 0 aliphatic carbocycles. The zero-order valence-corrected chi connectivity index (χ0v) is 18.8. The van der Waals surface area contributed by atoms with Gasteiger partial charge < -0.3 is 14.6 Å². The number of hydrogen-bond acceptors (Lipinski definition) is 4. The van der Waals surface area contributed by atoms with E-state index >= 15 is 0 Å². The molecule has 0 unspecified atom stereocenters. The molecule has 0 atom stereocenters. The molecule has 1 aromatic carbocycles. The Bertz CT molecular complexity index is 978. The number of morpholine rings is 1. The molecule has 3 rings (SSSR count). The molecule has 164 valence electrons. The summed E-state index contributed by atoms with van der Waals surface area (Å²) in [5.74, 6) is -0.344. The Balaban J connectivity index is 1.69. The number of carbonyl (C=O) groups excluding carboxylic acids is 1. The van der Waals surface area contributed by atoms with Gasteiger partial charge in [-0.25, -0.2) is 0 Å². The van der Waals surface area contributed by atoms with Crippen molar-refractivity contribution in [1.29, 1.82) is 5.26 Å². The lowest BCUT2D eigenvalue weighted by Gasteiger charge is -2.27. The van der Waals surface area contributed by atoms with E-state index in [9.17, 15) is 10.1 Å². The Morgan fingerprint density at radius 1 is 1.23 bits per heavy atom. The summed E-state index contributed by atoms with van der Waals surface area (Å²) in [5, 5.41) is 12.5. The van der Waals surface area contributed by atoms with Crippen LogP contribution in [-0.4, -0.2) is 41.7 Å². The topological polar surface area (TPSA) is 70.3 Å². The normalized spacial score (nSPS) is 15.0. The summed E-state index contributed by atoms with van der Waals surface area (Å²) in [6.07, 6.45) is 2.73. The van der Waals surface area contributed by atoms with E-state index in [0.717, 1.165) is 68.3 Å². The van der Waals surface area contributed by atoms with Crippen molar-refractivity contribution in [2.24, 2.45) is 0 Å². The zero-order chi connectivity index (χ0) is 22.2. The van der Waals surface area contributed by atoms with Crippen molar-refractivity contribution in [3.63, 3.8) is 0 Å². The van der Waals surface area contributed by atoms with Gasteiger partial charge >= 0.3 is 0 Å². The van der Waals surface area contributed by atoms with Crippen molar-refractivity contribution in [1.82, 2.24) is 14.8 Å². The smallest absolute Gasteiger partial charge is 0.262 e. The molecule has 1 saturated heterocycles. The summed E-state index contributed by atoms with van der Waals surface area (Å²) in [6, 6.07) is 12.2. The number of nitrogens with zero attached hydrogens (tertiary/aromatic N) is 3. The molecule has 2 aromatic rings. The second-order valence-corrected chi connectivity index (χ2v) is 7.99. The molecule has 1 aromatic heterocycles. The van der Waals surface area contributed by atoms with Gasteiger partial charge in [0.25, 0.3) is 5.91 Å². The first-order valence-corrected chi connectivity index (χ1v) is 11.0. The van der Waals surface area contributed by atoms with Crippen LogP contribution in [0.5, 0.6) is 0 Å². The van der Waals surface area contributed by atoms with Gasteiger partial charge in [-0.05, 0) is 49.1 Å². The number of nitrogens with one attached hydrogen (secondary N) is 1. The number of rotatable bonds is 8. The SMILES string of the molecule is CCCn1c(C)cc(/C=C(\C#N)C(=O)NCc2ccccc2CN2CCOCC2)c1C. The van der Waals surface area contributed by atoms with E-state index in [1.807, 2.05) is 31.2 Å². The molecule has 2 heterocycles. The first-order chi connectivity index (χ1) is 15.0. The third kappa shape index (κ3) is 5.84. The van der Waals surface area contributed by atoms with Crippen molar-refractivity contribution in [3.05, 3.63) is 64.0 Å². The fraction of sp³-hybridized carbons (Fsp3) is 0.440. The first-order valence-electron chi connectivity index (χ1n) is 11.0. The van der Waals surface area contributed by atoms with Crippen LogP contribution in [0.2, 0.25) is 0 Å². The Hall–Kier alpha value is -2.88. The second kappa shape index (κ2) is 10.9. The standard InChI is InChI=1S/C25H32N4O2/c1-4-9-29-19(2)14-23(20(29)3)15-24(16-26)25(30)27-17-21-7-5-6-8-22(21)18-28-10-12-31-13-11-28/h5-8,14-15H,4,9-13,17-18H2,1-3H3,(H,27,30)/b24-15+. The maximum Gasteiger partial charge on any atom is 0.262 e. The van der Waals surface area contributed by atoms with Crippen molar-refractivity contribution >= 4 is 12.0 Å². The molecule has 1 N–H and O–H groups in total. The second-order valence-electron chi connectivity index (χ2n) is 7.99. The minimum absolute atomic E-state index is 0.127. The van der Waals surface area contributed by atoms with Gasteiger partial charge in [-0.1, -0.05) is 31.2 Å². The molecule has 0 saturated carbocycles. The predicted octanol–water partition coefficient (Wildman–Crippen LogP) is 3.57. The van der Waals surface area contributed by atoms with Crippen LogP contribution in [-0.2, 0) is 29.2 Å². The van der Waals surface area contributed by atoms with Gasteiger partial charge in [0.05, 0.1) is 13.2 Å². The molecule has 1 aliphatic rings. The molecule has 1 amide bonds. The highest BCUT2D eigenvalue weighted by Gasteiger charge is 2.15. The number of amides is 1. The van der Waals surface area contributed by atoms with E-state index < -0.39 is 0 Å². The van der Waals surface area contributed by atoms with Gasteiger partial charge in [0.2, 0.25) is 0 Å². The van der Waals surface area contributed by atoms with E-state index in [0.29, 0.717) is 6.54 Å². The first kappa shape index (κ1) is 22.8. The van der Waals surface area contributed by atoms with Crippen LogP contribution < -0.4 is 5.32 Å². The van der Waals surface area contributed by atoms with E-state index in [1.54, 1.807) is 6.08 Å². The van der Waals surface area contributed by atoms with Crippen LogP contribution in [0.15, 0.2) is 35.9 Å². The third-order valence-corrected chi connectivity index (χ3v) is 5.78. The van der Waals surface area contributed by atoms with Crippen LogP contribution in [0.1, 0.15) is 41.4 Å². The van der Waals surface area contributed by atoms with Crippen molar-refractivity contribution in [2.75, 3.05) is 26.3 Å². The number of aromatic nitrogens is 1. The highest BCUT2D eigenvalue weighted by molar-refractivity contribution is 6.01. The Morgan fingerprint density at radius 3 is 2.61 bits per heavy atom. The monoisotopic (exact) mass is 420 g/mol. The van der Waals surface area contributed by atoms with Gasteiger partial charge in [0.1, 0.15) is 11.6 Å². The van der Waals surface area contributed by atoms with E-state index in [2.05, 4.69) is 40.8 Å². The van der Waals surface area contributed by atoms with Gasteiger partial charge in [0, 0.05) is 44.1 Å². The maximum atomic E-state index is 12.7. The Kier molecular flexibility index (Phi) is 8.05. The number of aryl methyl sites for hydroxylation is 1. The lowest BCUT2D eigenvalue weighted by atomic mass is 10.1. The Labute approximate surface area is 185 Å². The maximum absolute atomic E-state index is 12.7.